The number of hydrogen-bond donors (Lipinski definition) is 2. The number of thioether (sulfide) groups is 1. The van der Waals surface area contributed by atoms with Gasteiger partial charge in [-0.25, -0.2) is 9.78 Å². The molecule has 3 amide bonds. The van der Waals surface area contributed by atoms with Crippen LogP contribution in [0.1, 0.15) is 25.7 Å². The maximum Gasteiger partial charge on any atom is 0.321 e. The summed E-state index contributed by atoms with van der Waals surface area (Å²) in [6.07, 6.45) is 4.29. The number of thiazole rings is 1. The average Bonchev–Trinajstić information content (AvgIpc) is 3.13. The highest BCUT2D eigenvalue weighted by molar-refractivity contribution is 8.01. The number of amides is 3. The Morgan fingerprint density at radius 2 is 2.05 bits per heavy atom. The lowest BCUT2D eigenvalue weighted by atomic mass is 10.2. The lowest BCUT2D eigenvalue weighted by Crippen LogP contribution is -2.44. The fourth-order valence-electron chi connectivity index (χ4n) is 2.49. The van der Waals surface area contributed by atoms with E-state index in [4.69, 9.17) is 0 Å². The predicted molar refractivity (Wildman–Crippen MR) is 89.3 cm³/mol. The minimum absolute atomic E-state index is 0.192. The number of rotatable bonds is 4. The van der Waals surface area contributed by atoms with E-state index in [1.807, 2.05) is 24.3 Å². The molecule has 0 atom stereocenters. The molecule has 0 unspecified atom stereocenters. The third-order valence-electron chi connectivity index (χ3n) is 3.54. The number of fused-ring (bicyclic) bond motifs is 1. The molecule has 5 nitrogen and oxygen atoms in total. The zero-order valence-electron chi connectivity index (χ0n) is 12.0. The molecule has 3 rings (SSSR count). The van der Waals surface area contributed by atoms with E-state index in [9.17, 15) is 9.59 Å². The van der Waals surface area contributed by atoms with Crippen LogP contribution in [0.15, 0.2) is 28.6 Å². The Bertz CT molecular complexity index is 647. The molecule has 0 bridgehead atoms. The van der Waals surface area contributed by atoms with Crippen molar-refractivity contribution in [2.75, 3.05) is 5.75 Å². The fourth-order valence-corrected chi connectivity index (χ4v) is 4.36. The highest BCUT2D eigenvalue weighted by atomic mass is 32.2. The first kappa shape index (κ1) is 15.3. The van der Waals surface area contributed by atoms with E-state index < -0.39 is 0 Å². The molecule has 0 saturated heterocycles. The van der Waals surface area contributed by atoms with Gasteiger partial charge in [0, 0.05) is 6.04 Å². The van der Waals surface area contributed by atoms with Crippen LogP contribution in [0.5, 0.6) is 0 Å². The first-order valence-electron chi connectivity index (χ1n) is 7.29. The number of imide groups is 1. The van der Waals surface area contributed by atoms with Gasteiger partial charge in [-0.15, -0.1) is 11.3 Å². The van der Waals surface area contributed by atoms with Gasteiger partial charge in [0.2, 0.25) is 5.91 Å². The van der Waals surface area contributed by atoms with Crippen molar-refractivity contribution in [1.29, 1.82) is 0 Å². The number of hydrogen-bond acceptors (Lipinski definition) is 5. The van der Waals surface area contributed by atoms with Crippen molar-refractivity contribution in [2.45, 2.75) is 36.1 Å². The predicted octanol–water partition coefficient (Wildman–Crippen LogP) is 3.16. The molecule has 1 aliphatic rings. The van der Waals surface area contributed by atoms with Crippen LogP contribution in [-0.4, -0.2) is 28.7 Å². The molecule has 0 radical (unpaired) electrons. The van der Waals surface area contributed by atoms with Gasteiger partial charge < -0.3 is 5.32 Å². The van der Waals surface area contributed by atoms with Gasteiger partial charge in [0.1, 0.15) is 0 Å². The van der Waals surface area contributed by atoms with Gasteiger partial charge in [0.05, 0.1) is 16.0 Å². The Hall–Kier alpha value is -1.60. The van der Waals surface area contributed by atoms with Crippen LogP contribution in [0.25, 0.3) is 10.2 Å². The highest BCUT2D eigenvalue weighted by Crippen LogP contribution is 2.29. The molecule has 2 N–H and O–H groups in total. The molecule has 0 aliphatic heterocycles. The molecule has 1 fully saturated rings. The standard InChI is InChI=1S/C15H17N3O2S2/c19-13(18-14(20)16-10-5-1-2-6-10)9-21-15-17-11-7-3-4-8-12(11)22-15/h3-4,7-8,10H,1-2,5-6,9H2,(H2,16,18,19,20). The lowest BCUT2D eigenvalue weighted by molar-refractivity contribution is -0.117. The Labute approximate surface area is 136 Å². The number of nitrogens with one attached hydrogen (secondary N) is 2. The van der Waals surface area contributed by atoms with Crippen molar-refractivity contribution in [1.82, 2.24) is 15.6 Å². The molecule has 2 aromatic rings. The van der Waals surface area contributed by atoms with E-state index in [2.05, 4.69) is 15.6 Å². The quantitative estimate of drug-likeness (QED) is 0.842. The normalized spacial score (nSPS) is 15.1. The van der Waals surface area contributed by atoms with Crippen LogP contribution >= 0.6 is 23.1 Å². The summed E-state index contributed by atoms with van der Waals surface area (Å²) in [5, 5.41) is 5.21. The van der Waals surface area contributed by atoms with Gasteiger partial charge in [-0.3, -0.25) is 10.1 Å². The number of aromatic nitrogens is 1. The van der Waals surface area contributed by atoms with Gasteiger partial charge in [-0.1, -0.05) is 36.7 Å². The van der Waals surface area contributed by atoms with Crippen LogP contribution in [0, 0.1) is 0 Å². The summed E-state index contributed by atoms with van der Waals surface area (Å²) < 4.78 is 1.94. The average molecular weight is 335 g/mol. The smallest absolute Gasteiger partial charge is 0.321 e. The SMILES string of the molecule is O=C(CSc1nc2ccccc2s1)NC(=O)NC1CCCC1. The van der Waals surface area contributed by atoms with E-state index in [1.165, 1.54) is 11.8 Å². The first-order valence-corrected chi connectivity index (χ1v) is 9.09. The summed E-state index contributed by atoms with van der Waals surface area (Å²) in [7, 11) is 0. The minimum atomic E-state index is -0.387. The first-order chi connectivity index (χ1) is 10.7. The number of para-hydroxylation sites is 1. The van der Waals surface area contributed by atoms with E-state index in [-0.39, 0.29) is 23.7 Å². The van der Waals surface area contributed by atoms with Gasteiger partial charge >= 0.3 is 6.03 Å². The summed E-state index contributed by atoms with van der Waals surface area (Å²) in [4.78, 5) is 27.9. The van der Waals surface area contributed by atoms with Crippen molar-refractivity contribution in [3.63, 3.8) is 0 Å². The maximum absolute atomic E-state index is 11.8. The summed E-state index contributed by atoms with van der Waals surface area (Å²) in [6, 6.07) is 7.69. The van der Waals surface area contributed by atoms with Crippen molar-refractivity contribution < 1.29 is 9.59 Å². The molecule has 0 spiro atoms. The number of nitrogens with zero attached hydrogens (tertiary/aromatic N) is 1. The minimum Gasteiger partial charge on any atom is -0.335 e. The second-order valence-corrected chi connectivity index (χ2v) is 7.49. The summed E-state index contributed by atoms with van der Waals surface area (Å²) in [6.45, 7) is 0. The van der Waals surface area contributed by atoms with E-state index in [0.717, 1.165) is 40.2 Å². The van der Waals surface area contributed by atoms with Crippen LogP contribution < -0.4 is 10.6 Å². The molecular weight excluding hydrogens is 318 g/mol. The summed E-state index contributed by atoms with van der Waals surface area (Å²) in [5.41, 5.74) is 0.939. The number of benzene rings is 1. The molecule has 1 heterocycles. The maximum atomic E-state index is 11.8. The largest absolute Gasteiger partial charge is 0.335 e. The number of carbonyl (C=O) groups is 2. The second kappa shape index (κ2) is 7.11. The monoisotopic (exact) mass is 335 g/mol. The van der Waals surface area contributed by atoms with Crippen molar-refractivity contribution in [3.8, 4) is 0 Å². The van der Waals surface area contributed by atoms with Crippen LogP contribution in [0.4, 0.5) is 4.79 Å². The van der Waals surface area contributed by atoms with E-state index >= 15 is 0 Å². The van der Waals surface area contributed by atoms with Crippen LogP contribution in [0.3, 0.4) is 0 Å². The molecule has 1 saturated carbocycles. The Balaban J connectivity index is 1.46. The van der Waals surface area contributed by atoms with Crippen molar-refractivity contribution in [2.24, 2.45) is 0 Å². The van der Waals surface area contributed by atoms with Crippen LogP contribution in [0.2, 0.25) is 0 Å². The molecule has 116 valence electrons. The fraction of sp³-hybridized carbons (Fsp3) is 0.400. The lowest BCUT2D eigenvalue weighted by Gasteiger charge is -2.11. The third kappa shape index (κ3) is 3.98. The van der Waals surface area contributed by atoms with Gasteiger partial charge in [-0.2, -0.15) is 0 Å². The molecule has 7 heteroatoms. The highest BCUT2D eigenvalue weighted by Gasteiger charge is 2.18. The molecular formula is C15H17N3O2S2. The Morgan fingerprint density at radius 3 is 2.82 bits per heavy atom. The van der Waals surface area contributed by atoms with E-state index in [0.29, 0.717) is 0 Å². The van der Waals surface area contributed by atoms with Crippen molar-refractivity contribution >= 4 is 45.3 Å². The number of urea groups is 1. The van der Waals surface area contributed by atoms with Gasteiger partial charge in [0.25, 0.3) is 0 Å². The van der Waals surface area contributed by atoms with Gasteiger partial charge in [0.15, 0.2) is 4.34 Å². The molecule has 22 heavy (non-hydrogen) atoms. The topological polar surface area (TPSA) is 71.1 Å². The summed E-state index contributed by atoms with van der Waals surface area (Å²) >= 11 is 2.91. The number of carbonyl (C=O) groups excluding carboxylic acids is 2. The second-order valence-electron chi connectivity index (χ2n) is 5.24. The molecule has 1 aromatic carbocycles. The molecule has 1 aromatic heterocycles. The van der Waals surface area contributed by atoms with E-state index in [1.54, 1.807) is 11.3 Å². The Kier molecular flexibility index (Phi) is 4.94. The zero-order chi connectivity index (χ0) is 15.4. The molecule has 1 aliphatic carbocycles. The third-order valence-corrected chi connectivity index (χ3v) is 5.72. The summed E-state index contributed by atoms with van der Waals surface area (Å²) in [5.74, 6) is -0.0995. The van der Waals surface area contributed by atoms with Crippen molar-refractivity contribution in [3.05, 3.63) is 24.3 Å². The van der Waals surface area contributed by atoms with Crippen LogP contribution in [-0.2, 0) is 4.79 Å². The zero-order valence-corrected chi connectivity index (χ0v) is 13.6. The van der Waals surface area contributed by atoms with Gasteiger partial charge in [-0.05, 0) is 25.0 Å². The Morgan fingerprint density at radius 1 is 1.27 bits per heavy atom.